The van der Waals surface area contributed by atoms with Gasteiger partial charge in [0.15, 0.2) is 17.0 Å². The van der Waals surface area contributed by atoms with E-state index in [0.717, 1.165) is 55.0 Å². The second-order valence-electron chi connectivity index (χ2n) is 9.73. The van der Waals surface area contributed by atoms with Crippen LogP contribution in [0.3, 0.4) is 0 Å². The molecule has 1 amide bonds. The first-order valence-corrected chi connectivity index (χ1v) is 13.8. The fourth-order valence-electron chi connectivity index (χ4n) is 5.19. The number of piperazine rings is 1. The topological polar surface area (TPSA) is 120 Å². The zero-order valence-corrected chi connectivity index (χ0v) is 22.7. The number of rotatable bonds is 6. The Morgan fingerprint density at radius 3 is 2.61 bits per heavy atom. The molecule has 3 aromatic heterocycles. The lowest BCUT2D eigenvalue weighted by Crippen LogP contribution is -2.51. The number of hydrogen-bond acceptors (Lipinski definition) is 8. The number of anilines is 2. The molecule has 0 radical (unpaired) electrons. The molecule has 0 atom stereocenters. The zero-order valence-electron chi connectivity index (χ0n) is 21.2. The summed E-state index contributed by atoms with van der Waals surface area (Å²) in [7, 11) is 0. The number of benzene rings is 1. The van der Waals surface area contributed by atoms with E-state index in [4.69, 9.17) is 33.2 Å². The Bertz CT molecular complexity index is 1430. The molecule has 2 aliphatic heterocycles. The number of halogens is 2. The first-order chi connectivity index (χ1) is 18.5. The van der Waals surface area contributed by atoms with Crippen molar-refractivity contribution in [3.8, 4) is 0 Å². The molecule has 0 saturated carbocycles. The molecule has 2 aliphatic rings. The molecule has 2 saturated heterocycles. The smallest absolute Gasteiger partial charge is 0.229 e. The van der Waals surface area contributed by atoms with Crippen molar-refractivity contribution >= 4 is 63.1 Å². The van der Waals surface area contributed by atoms with Crippen LogP contribution in [0.4, 0.5) is 11.8 Å². The van der Waals surface area contributed by atoms with Crippen LogP contribution < -0.4 is 15.5 Å². The van der Waals surface area contributed by atoms with Gasteiger partial charge in [0, 0.05) is 38.6 Å². The summed E-state index contributed by atoms with van der Waals surface area (Å²) in [5.41, 5.74) is 3.04. The molecule has 6 rings (SSSR count). The number of carbonyl (C=O) groups excluding carboxylic acids is 1. The number of fused-ring (bicyclic) bond motifs is 2. The van der Waals surface area contributed by atoms with Crippen LogP contribution >= 0.6 is 23.2 Å². The van der Waals surface area contributed by atoms with E-state index in [0.29, 0.717) is 60.1 Å². The lowest BCUT2D eigenvalue weighted by molar-refractivity contribution is -0.136. The van der Waals surface area contributed by atoms with E-state index in [1.807, 2.05) is 9.47 Å². The number of carbonyl (C=O) groups is 1. The number of imidazole rings is 2. The van der Waals surface area contributed by atoms with Crippen molar-refractivity contribution in [2.45, 2.75) is 32.9 Å². The van der Waals surface area contributed by atoms with Gasteiger partial charge in [-0.05, 0) is 45.0 Å². The number of H-pyrrole nitrogens is 1. The highest BCUT2D eigenvalue weighted by molar-refractivity contribution is 6.42. The maximum atomic E-state index is 13.0. The number of amides is 1. The van der Waals surface area contributed by atoms with Gasteiger partial charge < -0.3 is 30.0 Å². The number of nitrogens with zero attached hydrogens (tertiary/aromatic N) is 7. The van der Waals surface area contributed by atoms with Crippen LogP contribution in [0.15, 0.2) is 18.5 Å². The molecule has 1 aromatic carbocycles. The van der Waals surface area contributed by atoms with Gasteiger partial charge in [-0.25, -0.2) is 9.97 Å². The van der Waals surface area contributed by atoms with E-state index >= 15 is 0 Å². The van der Waals surface area contributed by atoms with Crippen LogP contribution in [0.25, 0.3) is 22.2 Å². The first kappa shape index (κ1) is 25.1. The number of aromatic nitrogens is 6. The van der Waals surface area contributed by atoms with Crippen LogP contribution in [0.5, 0.6) is 0 Å². The highest BCUT2D eigenvalue weighted by Crippen LogP contribution is 2.28. The maximum Gasteiger partial charge on any atom is 0.229 e. The van der Waals surface area contributed by atoms with Crippen LogP contribution in [-0.2, 0) is 17.9 Å². The van der Waals surface area contributed by atoms with Gasteiger partial charge in [0.05, 0.1) is 34.0 Å². The maximum absolute atomic E-state index is 13.0. The molecule has 5 heterocycles. The van der Waals surface area contributed by atoms with Crippen molar-refractivity contribution in [2.75, 3.05) is 49.5 Å². The molecule has 0 unspecified atom stereocenters. The Labute approximate surface area is 229 Å². The van der Waals surface area contributed by atoms with Crippen molar-refractivity contribution in [3.05, 3.63) is 34.3 Å². The number of hydrogen-bond donors (Lipinski definition) is 3. The van der Waals surface area contributed by atoms with Crippen molar-refractivity contribution in [1.82, 2.24) is 39.7 Å². The van der Waals surface area contributed by atoms with Crippen molar-refractivity contribution in [2.24, 2.45) is 5.92 Å². The number of aromatic amines is 1. The first-order valence-electron chi connectivity index (χ1n) is 13.0. The monoisotopic (exact) mass is 556 g/mol. The second kappa shape index (κ2) is 10.5. The summed E-state index contributed by atoms with van der Waals surface area (Å²) in [6, 6.07) is 3.52. The van der Waals surface area contributed by atoms with Gasteiger partial charge in [-0.2, -0.15) is 9.97 Å². The average Bonchev–Trinajstić information content (AvgIpc) is 3.55. The van der Waals surface area contributed by atoms with E-state index < -0.39 is 0 Å². The summed E-state index contributed by atoms with van der Waals surface area (Å²) < 4.78 is 2.01. The van der Waals surface area contributed by atoms with Gasteiger partial charge in [0.25, 0.3) is 0 Å². The van der Waals surface area contributed by atoms with Gasteiger partial charge in [0.1, 0.15) is 5.82 Å². The van der Waals surface area contributed by atoms with E-state index in [-0.39, 0.29) is 11.8 Å². The minimum absolute atomic E-state index is 0.135. The molecule has 38 heavy (non-hydrogen) atoms. The molecule has 2 fully saturated rings. The van der Waals surface area contributed by atoms with Crippen molar-refractivity contribution in [3.63, 3.8) is 0 Å². The molecular weight excluding hydrogens is 527 g/mol. The number of piperidine rings is 1. The van der Waals surface area contributed by atoms with Crippen LogP contribution in [0.1, 0.15) is 25.6 Å². The van der Waals surface area contributed by atoms with E-state index in [9.17, 15) is 4.79 Å². The summed E-state index contributed by atoms with van der Waals surface area (Å²) in [6.07, 6.45) is 3.62. The third-order valence-corrected chi connectivity index (χ3v) is 8.07. The van der Waals surface area contributed by atoms with E-state index in [2.05, 4.69) is 37.4 Å². The quantitative estimate of drug-likeness (QED) is 0.331. The van der Waals surface area contributed by atoms with Crippen molar-refractivity contribution < 1.29 is 4.79 Å². The summed E-state index contributed by atoms with van der Waals surface area (Å²) >= 11 is 12.3. The highest BCUT2D eigenvalue weighted by atomic mass is 35.5. The fourth-order valence-corrected chi connectivity index (χ4v) is 5.51. The SMILES string of the molecule is CCn1cnc2c(NCc3nc4cc(Cl)c(Cl)cc4[nH]3)nc(N3CCN(C(=O)C4CCNCC4)CC3)nc21. The lowest BCUT2D eigenvalue weighted by Gasteiger charge is -2.37. The third kappa shape index (κ3) is 4.85. The second-order valence-corrected chi connectivity index (χ2v) is 10.5. The summed E-state index contributed by atoms with van der Waals surface area (Å²) in [5.74, 6) is 2.42. The Balaban J connectivity index is 1.21. The number of nitrogens with one attached hydrogen (secondary N) is 3. The van der Waals surface area contributed by atoms with Gasteiger partial charge >= 0.3 is 0 Å². The molecule has 11 nitrogen and oxygen atoms in total. The van der Waals surface area contributed by atoms with Gasteiger partial charge in [-0.1, -0.05) is 23.2 Å². The fraction of sp³-hybridized carbons (Fsp3) is 0.480. The third-order valence-electron chi connectivity index (χ3n) is 7.35. The van der Waals surface area contributed by atoms with Gasteiger partial charge in [-0.3, -0.25) is 4.79 Å². The van der Waals surface area contributed by atoms with Crippen molar-refractivity contribution in [1.29, 1.82) is 0 Å². The summed E-state index contributed by atoms with van der Waals surface area (Å²) in [5, 5.41) is 7.68. The summed E-state index contributed by atoms with van der Waals surface area (Å²) in [4.78, 5) is 39.4. The minimum Gasteiger partial charge on any atom is -0.361 e. The predicted octanol–water partition coefficient (Wildman–Crippen LogP) is 3.29. The highest BCUT2D eigenvalue weighted by Gasteiger charge is 2.29. The van der Waals surface area contributed by atoms with Crippen LogP contribution in [0, 0.1) is 5.92 Å². The number of aryl methyl sites for hydroxylation is 1. The van der Waals surface area contributed by atoms with E-state index in [1.54, 1.807) is 18.5 Å². The molecule has 4 aromatic rings. The summed E-state index contributed by atoms with van der Waals surface area (Å²) in [6.45, 7) is 7.77. The normalized spacial score (nSPS) is 17.0. The Hall–Kier alpha value is -3.15. The molecule has 3 N–H and O–H groups in total. The molecule has 13 heteroatoms. The largest absolute Gasteiger partial charge is 0.361 e. The lowest BCUT2D eigenvalue weighted by atomic mass is 9.96. The van der Waals surface area contributed by atoms with E-state index in [1.165, 1.54) is 0 Å². The molecule has 0 bridgehead atoms. The molecule has 200 valence electrons. The zero-order chi connectivity index (χ0) is 26.2. The van der Waals surface area contributed by atoms with Gasteiger partial charge in [-0.15, -0.1) is 0 Å². The van der Waals surface area contributed by atoms with Crippen LogP contribution in [-0.4, -0.2) is 79.6 Å². The molecule has 0 aliphatic carbocycles. The standard InChI is InChI=1S/C25H30Cl2N10O/c1-2-35-14-30-21-22(29-13-20-31-18-11-16(26)17(27)12-19(18)32-20)33-25(34-23(21)35)37-9-7-36(8-10-37)24(38)15-3-5-28-6-4-15/h11-12,14-15,28H,2-10,13H2,1H3,(H,31,32)(H,29,33,34). The Morgan fingerprint density at radius 2 is 1.84 bits per heavy atom. The predicted molar refractivity (Wildman–Crippen MR) is 149 cm³/mol. The Morgan fingerprint density at radius 1 is 1.08 bits per heavy atom. The molecular formula is C25H30Cl2N10O. The van der Waals surface area contributed by atoms with Gasteiger partial charge in [0.2, 0.25) is 11.9 Å². The minimum atomic E-state index is 0.135. The molecule has 0 spiro atoms. The Kier molecular flexibility index (Phi) is 6.98. The average molecular weight is 557 g/mol. The van der Waals surface area contributed by atoms with Crippen LogP contribution in [0.2, 0.25) is 10.0 Å².